The molecule has 2 unspecified atom stereocenters. The Morgan fingerprint density at radius 1 is 1.35 bits per heavy atom. The molecular formula is C14H20N2O. The van der Waals surface area contributed by atoms with E-state index < -0.39 is 0 Å². The molecule has 0 radical (unpaired) electrons. The van der Waals surface area contributed by atoms with Crippen LogP contribution >= 0.6 is 0 Å². The van der Waals surface area contributed by atoms with Gasteiger partial charge in [-0.15, -0.1) is 0 Å². The van der Waals surface area contributed by atoms with E-state index in [1.54, 1.807) is 5.56 Å². The minimum Gasteiger partial charge on any atom is -0.374 e. The van der Waals surface area contributed by atoms with Crippen molar-refractivity contribution >= 4 is 0 Å². The van der Waals surface area contributed by atoms with Crippen molar-refractivity contribution in [2.24, 2.45) is 5.73 Å². The molecule has 0 bridgehead atoms. The molecule has 3 rings (SSSR count). The van der Waals surface area contributed by atoms with Gasteiger partial charge in [0.2, 0.25) is 0 Å². The molecule has 2 N–H and O–H groups in total. The van der Waals surface area contributed by atoms with E-state index in [2.05, 4.69) is 29.2 Å². The lowest BCUT2D eigenvalue weighted by Gasteiger charge is -2.38. The summed E-state index contributed by atoms with van der Waals surface area (Å²) in [5.74, 6) is 0.725. The molecule has 1 fully saturated rings. The lowest BCUT2D eigenvalue weighted by atomic mass is 9.77. The van der Waals surface area contributed by atoms with Crippen LogP contribution in [0.2, 0.25) is 0 Å². The lowest BCUT2D eigenvalue weighted by molar-refractivity contribution is -0.0255. The number of rotatable bonds is 3. The first-order chi connectivity index (χ1) is 8.36. The Bertz CT molecular complexity index is 394. The summed E-state index contributed by atoms with van der Waals surface area (Å²) >= 11 is 0. The lowest BCUT2D eigenvalue weighted by Crippen LogP contribution is -2.47. The summed E-state index contributed by atoms with van der Waals surface area (Å²) in [6.07, 6.45) is 1.47. The third-order valence-electron chi connectivity index (χ3n) is 3.93. The minimum absolute atomic E-state index is 0.235. The van der Waals surface area contributed by atoms with Gasteiger partial charge >= 0.3 is 0 Å². The number of ether oxygens (including phenoxy) is 1. The van der Waals surface area contributed by atoms with Crippen LogP contribution in [0, 0.1) is 0 Å². The number of nitrogens with zero attached hydrogens (tertiary/aromatic N) is 1. The Morgan fingerprint density at radius 2 is 2.24 bits per heavy atom. The molecule has 3 heteroatoms. The molecule has 1 aliphatic carbocycles. The van der Waals surface area contributed by atoms with Crippen molar-refractivity contribution in [2.75, 3.05) is 32.8 Å². The van der Waals surface area contributed by atoms with Crippen LogP contribution in [-0.4, -0.2) is 43.8 Å². The average Bonchev–Trinajstić information content (AvgIpc) is 2.36. The normalized spacial score (nSPS) is 28.5. The standard InChI is InChI=1S/C14H20N2O/c15-8-13-10-16(5-6-17-13)9-12-7-11-3-1-2-4-14(11)12/h1-4,12-13H,5-10,15H2. The maximum atomic E-state index is 5.67. The number of nitrogens with two attached hydrogens (primary N) is 1. The molecule has 92 valence electrons. The van der Waals surface area contributed by atoms with Crippen LogP contribution in [0.1, 0.15) is 17.0 Å². The van der Waals surface area contributed by atoms with E-state index in [4.69, 9.17) is 10.5 Å². The summed E-state index contributed by atoms with van der Waals surface area (Å²) in [5, 5.41) is 0. The summed E-state index contributed by atoms with van der Waals surface area (Å²) in [6.45, 7) is 4.68. The molecule has 0 saturated carbocycles. The fourth-order valence-electron chi connectivity index (χ4n) is 2.93. The van der Waals surface area contributed by atoms with Gasteiger partial charge in [-0.05, 0) is 17.5 Å². The Labute approximate surface area is 103 Å². The summed E-state index contributed by atoms with van der Waals surface area (Å²) in [7, 11) is 0. The molecule has 0 amide bonds. The molecular weight excluding hydrogens is 212 g/mol. The maximum Gasteiger partial charge on any atom is 0.0824 e. The van der Waals surface area contributed by atoms with E-state index in [9.17, 15) is 0 Å². The average molecular weight is 232 g/mol. The fraction of sp³-hybridized carbons (Fsp3) is 0.571. The third-order valence-corrected chi connectivity index (χ3v) is 3.93. The second-order valence-corrected chi connectivity index (χ2v) is 5.09. The highest BCUT2D eigenvalue weighted by molar-refractivity contribution is 5.40. The van der Waals surface area contributed by atoms with E-state index in [1.807, 2.05) is 0 Å². The van der Waals surface area contributed by atoms with Crippen molar-refractivity contribution in [3.05, 3.63) is 35.4 Å². The molecule has 1 heterocycles. The number of fused-ring (bicyclic) bond motifs is 1. The number of benzene rings is 1. The molecule has 1 aromatic carbocycles. The van der Waals surface area contributed by atoms with E-state index >= 15 is 0 Å². The molecule has 1 saturated heterocycles. The van der Waals surface area contributed by atoms with E-state index in [0.717, 1.165) is 32.2 Å². The van der Waals surface area contributed by atoms with Gasteiger partial charge in [-0.2, -0.15) is 0 Å². The molecule has 2 aliphatic rings. The second kappa shape index (κ2) is 4.77. The van der Waals surface area contributed by atoms with Crippen molar-refractivity contribution < 1.29 is 4.74 Å². The van der Waals surface area contributed by atoms with Gasteiger partial charge in [0.15, 0.2) is 0 Å². The van der Waals surface area contributed by atoms with E-state index in [-0.39, 0.29) is 6.10 Å². The zero-order valence-electron chi connectivity index (χ0n) is 10.1. The molecule has 1 aliphatic heterocycles. The topological polar surface area (TPSA) is 38.5 Å². The molecule has 1 aromatic rings. The molecule has 3 nitrogen and oxygen atoms in total. The number of hydrogen-bond acceptors (Lipinski definition) is 3. The van der Waals surface area contributed by atoms with Crippen LogP contribution in [0.25, 0.3) is 0 Å². The first-order valence-corrected chi connectivity index (χ1v) is 6.48. The van der Waals surface area contributed by atoms with Crippen LogP contribution < -0.4 is 5.73 Å². The van der Waals surface area contributed by atoms with Gasteiger partial charge in [-0.1, -0.05) is 24.3 Å². The number of morpholine rings is 1. The highest BCUT2D eigenvalue weighted by atomic mass is 16.5. The van der Waals surface area contributed by atoms with Gasteiger partial charge in [-0.25, -0.2) is 0 Å². The van der Waals surface area contributed by atoms with E-state index in [0.29, 0.717) is 6.54 Å². The first kappa shape index (κ1) is 11.2. The van der Waals surface area contributed by atoms with Gasteiger partial charge in [0.05, 0.1) is 12.7 Å². The van der Waals surface area contributed by atoms with Crippen LogP contribution in [-0.2, 0) is 11.2 Å². The van der Waals surface area contributed by atoms with Gasteiger partial charge in [-0.3, -0.25) is 4.90 Å². The van der Waals surface area contributed by atoms with Gasteiger partial charge in [0.25, 0.3) is 0 Å². The summed E-state index contributed by atoms with van der Waals surface area (Å²) < 4.78 is 5.59. The van der Waals surface area contributed by atoms with Crippen LogP contribution in [0.4, 0.5) is 0 Å². The Morgan fingerprint density at radius 3 is 3.06 bits per heavy atom. The summed E-state index contributed by atoms with van der Waals surface area (Å²) in [4.78, 5) is 2.50. The predicted octanol–water partition coefficient (Wildman–Crippen LogP) is 0.986. The number of hydrogen-bond donors (Lipinski definition) is 1. The van der Waals surface area contributed by atoms with Gasteiger partial charge < -0.3 is 10.5 Å². The van der Waals surface area contributed by atoms with Crippen molar-refractivity contribution in [3.8, 4) is 0 Å². The Hall–Kier alpha value is -0.900. The largest absolute Gasteiger partial charge is 0.374 e. The third kappa shape index (κ3) is 2.23. The Kier molecular flexibility index (Phi) is 3.14. The van der Waals surface area contributed by atoms with Crippen LogP contribution in [0.15, 0.2) is 24.3 Å². The van der Waals surface area contributed by atoms with Crippen molar-refractivity contribution in [2.45, 2.75) is 18.4 Å². The first-order valence-electron chi connectivity index (χ1n) is 6.48. The zero-order valence-corrected chi connectivity index (χ0v) is 10.1. The molecule has 17 heavy (non-hydrogen) atoms. The summed E-state index contributed by atoms with van der Waals surface area (Å²) in [6, 6.07) is 8.79. The smallest absolute Gasteiger partial charge is 0.0824 e. The van der Waals surface area contributed by atoms with Crippen molar-refractivity contribution in [1.82, 2.24) is 4.90 Å². The molecule has 0 aromatic heterocycles. The summed E-state index contributed by atoms with van der Waals surface area (Å²) in [5.41, 5.74) is 8.74. The van der Waals surface area contributed by atoms with Gasteiger partial charge in [0.1, 0.15) is 0 Å². The quantitative estimate of drug-likeness (QED) is 0.844. The van der Waals surface area contributed by atoms with Crippen molar-refractivity contribution in [3.63, 3.8) is 0 Å². The Balaban J connectivity index is 1.59. The highest BCUT2D eigenvalue weighted by Gasteiger charge is 2.29. The monoisotopic (exact) mass is 232 g/mol. The van der Waals surface area contributed by atoms with E-state index in [1.165, 1.54) is 12.0 Å². The highest BCUT2D eigenvalue weighted by Crippen LogP contribution is 2.35. The maximum absolute atomic E-state index is 5.67. The molecule has 2 atom stereocenters. The van der Waals surface area contributed by atoms with Gasteiger partial charge in [0, 0.05) is 32.1 Å². The SMILES string of the molecule is NCC1CN(CC2Cc3ccccc32)CCO1. The van der Waals surface area contributed by atoms with Crippen LogP contribution in [0.5, 0.6) is 0 Å². The van der Waals surface area contributed by atoms with Crippen LogP contribution in [0.3, 0.4) is 0 Å². The fourth-order valence-corrected chi connectivity index (χ4v) is 2.93. The minimum atomic E-state index is 0.235. The zero-order chi connectivity index (χ0) is 11.7. The van der Waals surface area contributed by atoms with Crippen molar-refractivity contribution in [1.29, 1.82) is 0 Å². The predicted molar refractivity (Wildman–Crippen MR) is 68.1 cm³/mol. The second-order valence-electron chi connectivity index (χ2n) is 5.09. The molecule has 0 spiro atoms.